The molecule has 0 aliphatic rings. The fourth-order valence-corrected chi connectivity index (χ4v) is 8.95. The summed E-state index contributed by atoms with van der Waals surface area (Å²) in [4.78, 5) is 24.7. The Hall–Kier alpha value is -0.0351. The molecule has 0 saturated heterocycles. The van der Waals surface area contributed by atoms with Gasteiger partial charge in [0.05, 0.1) is 62.3 Å². The van der Waals surface area contributed by atoms with Crippen LogP contribution in [0.1, 0.15) is 251 Å². The number of unbranched alkanes of at least 4 members (excludes halogenated alkanes) is 20. The van der Waals surface area contributed by atoms with Gasteiger partial charge in [-0.05, 0) is 51.3 Å². The van der Waals surface area contributed by atoms with Crippen molar-refractivity contribution in [2.24, 2.45) is 0 Å². The Morgan fingerprint density at radius 2 is 0.613 bits per heavy atom. The van der Waals surface area contributed by atoms with Crippen molar-refractivity contribution in [2.45, 2.75) is 251 Å². The van der Waals surface area contributed by atoms with Gasteiger partial charge >= 0.3 is 11.9 Å². The first-order valence-electron chi connectivity index (χ1n) is 29.8. The average Bonchev–Trinajstić information content (AvgIpc) is 3.42. The van der Waals surface area contributed by atoms with E-state index in [-0.39, 0.29) is 49.1 Å². The van der Waals surface area contributed by atoms with E-state index in [1.807, 2.05) is 121 Å². The summed E-state index contributed by atoms with van der Waals surface area (Å²) < 4.78 is 58.9. The van der Waals surface area contributed by atoms with Crippen LogP contribution in [0.4, 0.5) is 0 Å². The summed E-state index contributed by atoms with van der Waals surface area (Å²) in [6.07, 6.45) is 26.4. The fraction of sp³-hybridized carbons (Fsp3) is 0.964. The topological polar surface area (TPSA) is 168 Å². The normalized spacial score (nSPS) is 10.1. The summed E-state index contributed by atoms with van der Waals surface area (Å²) in [5.41, 5.74) is 0. The maximum atomic E-state index is 12.0. The van der Waals surface area contributed by atoms with E-state index in [4.69, 9.17) is 19.7 Å². The zero-order valence-electron chi connectivity index (χ0n) is 52.1. The molecule has 75 heavy (non-hydrogen) atoms. The summed E-state index contributed by atoms with van der Waals surface area (Å²) in [5.74, 6) is 0.990. The summed E-state index contributed by atoms with van der Waals surface area (Å²) in [5, 5.41) is 17.2. The van der Waals surface area contributed by atoms with Gasteiger partial charge in [0.25, 0.3) is 0 Å². The van der Waals surface area contributed by atoms with Gasteiger partial charge in [-0.1, -0.05) is 232 Å². The van der Waals surface area contributed by atoms with Crippen molar-refractivity contribution in [1.82, 2.24) is 9.80 Å². The molecule has 2 radical (unpaired) electrons. The van der Waals surface area contributed by atoms with Gasteiger partial charge in [0.1, 0.15) is 0 Å². The molecule has 0 fully saturated rings. The lowest BCUT2D eigenvalue weighted by Crippen LogP contribution is -2.26. The van der Waals surface area contributed by atoms with E-state index in [1.54, 1.807) is 0 Å². The van der Waals surface area contributed by atoms with Gasteiger partial charge in [-0.3, -0.25) is 9.59 Å². The van der Waals surface area contributed by atoms with Crippen molar-refractivity contribution in [3.63, 3.8) is 0 Å². The van der Waals surface area contributed by atoms with Gasteiger partial charge in [0, 0.05) is 26.2 Å². The van der Waals surface area contributed by atoms with Crippen molar-refractivity contribution >= 4 is 83.5 Å². The van der Waals surface area contributed by atoms with Crippen LogP contribution >= 0.6 is 32.5 Å². The Bertz CT molecular complexity index is 1130. The predicted molar refractivity (Wildman–Crippen MR) is 347 cm³/mol. The fourth-order valence-electron chi connectivity index (χ4n) is 6.07. The summed E-state index contributed by atoms with van der Waals surface area (Å²) >= 11 is 12.6. The number of nitrogens with zero attached hydrogens (tertiary/aromatic N) is 2. The second-order valence-electron chi connectivity index (χ2n) is 15.8. The van der Waals surface area contributed by atoms with E-state index in [1.165, 1.54) is 103 Å². The standard InChI is InChI=1S/2C21H43NO5S2.7C2H6.BPS/c2*1-22(14-13-21(23)24)15-16-27-17-20-29(25,26)19-12-10-8-6-4-2-3-5-7-9-11-18-28;7*1-2;1-2-3/h2*28H,2-20H2,1H3,(H,23,24);7*1-2H3;. The Labute approximate surface area is 488 Å². The maximum Gasteiger partial charge on any atom is 0.304 e. The van der Waals surface area contributed by atoms with E-state index in [9.17, 15) is 26.4 Å². The number of likely N-dealkylation sites (N-methyl/N-ethyl adjacent to an activating group) is 2. The van der Waals surface area contributed by atoms with Crippen LogP contribution in [0.5, 0.6) is 0 Å². The molecule has 0 aliphatic heterocycles. The molecule has 0 unspecified atom stereocenters. The lowest BCUT2D eigenvalue weighted by Gasteiger charge is -2.15. The van der Waals surface area contributed by atoms with E-state index < -0.39 is 31.6 Å². The number of hydrogen-bond acceptors (Lipinski definition) is 13. The molecule has 0 rings (SSSR count). The van der Waals surface area contributed by atoms with Crippen LogP contribution in [0.25, 0.3) is 0 Å². The van der Waals surface area contributed by atoms with E-state index in [2.05, 4.69) is 44.6 Å². The quantitative estimate of drug-likeness (QED) is 0.0197. The number of carboxylic acids is 2. The first kappa shape index (κ1) is 97.2. The first-order chi connectivity index (χ1) is 36.2. The summed E-state index contributed by atoms with van der Waals surface area (Å²) in [6.45, 7) is 31.4. The molecule has 0 aromatic heterocycles. The number of thiol groups is 2. The largest absolute Gasteiger partial charge is 0.481 e. The molecule has 0 aliphatic carbocycles. The number of aliphatic carboxylic acids is 2. The minimum absolute atomic E-state index is 0.0685. The molecule has 0 aromatic rings. The highest BCUT2D eigenvalue weighted by molar-refractivity contribution is 8.07. The SMILES string of the molecule is CC.CC.CC.CC.CC.CC.CC.CN(CCOCCS(=O)(=O)CCCCCCCCCCCCCS)CCC(=O)O.CN(CCOCCS(=O)(=O)CCCCCCCCCCCCCS)CCC(=O)O.[B]P=S. The first-order valence-corrected chi connectivity index (χ1v) is 36.7. The average molecular weight is 1190 g/mol. The van der Waals surface area contributed by atoms with Gasteiger partial charge in [-0.2, -0.15) is 25.3 Å². The van der Waals surface area contributed by atoms with Gasteiger partial charge in [-0.15, -0.1) is 0 Å². The van der Waals surface area contributed by atoms with Crippen molar-refractivity contribution in [3.05, 3.63) is 0 Å². The second kappa shape index (κ2) is 93.3. The molecule has 0 saturated carbocycles. The van der Waals surface area contributed by atoms with Crippen LogP contribution in [0, 0.1) is 0 Å². The minimum Gasteiger partial charge on any atom is -0.481 e. The van der Waals surface area contributed by atoms with Gasteiger partial charge in [0.15, 0.2) is 27.2 Å². The lowest BCUT2D eigenvalue weighted by atomic mass is 10.1. The third-order valence-electron chi connectivity index (χ3n) is 9.95. The third-order valence-corrected chi connectivity index (χ3v) is 14.0. The monoisotopic (exact) mass is 1190 g/mol. The van der Waals surface area contributed by atoms with Crippen LogP contribution < -0.4 is 0 Å². The molecule has 0 heterocycles. The number of ether oxygens (including phenoxy) is 2. The Kier molecular flexibility index (Phi) is 121. The highest BCUT2D eigenvalue weighted by Crippen LogP contribution is 2.14. The van der Waals surface area contributed by atoms with Crippen LogP contribution in [0.3, 0.4) is 0 Å². The zero-order chi connectivity index (χ0) is 60.3. The second-order valence-corrected chi connectivity index (χ2v) is 22.1. The lowest BCUT2D eigenvalue weighted by molar-refractivity contribution is -0.138. The van der Waals surface area contributed by atoms with Gasteiger partial charge in [-0.25, -0.2) is 16.8 Å². The molecular formula is C56H128BN2O10PS5. The van der Waals surface area contributed by atoms with E-state index in [0.29, 0.717) is 46.6 Å². The maximum absolute atomic E-state index is 12.0. The molecule has 12 nitrogen and oxygen atoms in total. The van der Waals surface area contributed by atoms with Gasteiger partial charge < -0.3 is 29.5 Å². The van der Waals surface area contributed by atoms with E-state index >= 15 is 0 Å². The number of rotatable bonds is 44. The Morgan fingerprint density at radius 3 is 0.813 bits per heavy atom. The summed E-state index contributed by atoms with van der Waals surface area (Å²) in [7, 11) is 2.71. The Balaban J connectivity index is -0.000000109. The van der Waals surface area contributed by atoms with Crippen LogP contribution in [-0.4, -0.2) is 158 Å². The molecule has 0 spiro atoms. The third kappa shape index (κ3) is 114. The number of hydrogen-bond donors (Lipinski definition) is 4. The number of carboxylic acid groups (broad SMARTS) is 2. The predicted octanol–water partition coefficient (Wildman–Crippen LogP) is 15.8. The zero-order valence-corrected chi connectivity index (χ0v) is 57.2. The molecule has 0 aromatic carbocycles. The number of sulfone groups is 2. The molecule has 0 atom stereocenters. The van der Waals surface area contributed by atoms with Crippen molar-refractivity contribution < 1.29 is 46.1 Å². The van der Waals surface area contributed by atoms with Crippen LogP contribution in [0.2, 0.25) is 0 Å². The molecule has 0 bridgehead atoms. The van der Waals surface area contributed by atoms with Crippen LogP contribution in [-0.2, 0) is 50.5 Å². The van der Waals surface area contributed by atoms with Crippen LogP contribution in [0.15, 0.2) is 0 Å². The Morgan fingerprint density at radius 1 is 0.413 bits per heavy atom. The smallest absolute Gasteiger partial charge is 0.304 e. The number of carbonyl (C=O) groups is 2. The molecule has 0 amide bonds. The van der Waals surface area contributed by atoms with Crippen molar-refractivity contribution in [1.29, 1.82) is 0 Å². The molecule has 2 N–H and O–H groups in total. The van der Waals surface area contributed by atoms with E-state index in [0.717, 1.165) is 50.0 Å². The summed E-state index contributed by atoms with van der Waals surface area (Å²) in [6, 6.07) is 0. The molecular weight excluding hydrogens is 1060 g/mol. The highest BCUT2D eigenvalue weighted by Gasteiger charge is 2.12. The minimum atomic E-state index is -3.04. The van der Waals surface area contributed by atoms with Crippen molar-refractivity contribution in [2.75, 3.05) is 101 Å². The van der Waals surface area contributed by atoms with Crippen molar-refractivity contribution in [3.8, 4) is 0 Å². The highest BCUT2D eigenvalue weighted by atomic mass is 32.4. The molecule has 460 valence electrons. The molecule has 19 heteroatoms. The van der Waals surface area contributed by atoms with Gasteiger partial charge in [0.2, 0.25) is 0 Å².